The molecule has 0 spiro atoms. The molecule has 0 aromatic heterocycles. The molecular weight excluding hydrogens is 136 g/mol. The molecule has 0 unspecified atom stereocenters. The van der Waals surface area contributed by atoms with E-state index in [1.807, 2.05) is 0 Å². The minimum Gasteiger partial charge on any atom is -0.369 e. The third-order valence-corrected chi connectivity index (χ3v) is 4.26. The number of epoxide rings is 1. The first-order valence-corrected chi connectivity index (χ1v) is 4.77. The van der Waals surface area contributed by atoms with Crippen LogP contribution in [0.15, 0.2) is 12.2 Å². The van der Waals surface area contributed by atoms with Crippen molar-refractivity contribution in [3.05, 3.63) is 12.2 Å². The Labute approximate surface area is 66.4 Å². The summed E-state index contributed by atoms with van der Waals surface area (Å²) in [7, 11) is 0. The molecule has 0 aromatic rings. The lowest BCUT2D eigenvalue weighted by Gasteiger charge is -2.20. The smallest absolute Gasteiger partial charge is 0.0878 e. The van der Waals surface area contributed by atoms with Crippen LogP contribution in [0.2, 0.25) is 0 Å². The second-order valence-corrected chi connectivity index (χ2v) is 4.53. The van der Waals surface area contributed by atoms with Gasteiger partial charge in [0.1, 0.15) is 0 Å². The number of fused-ring (bicyclic) bond motifs is 8. The molecule has 0 amide bonds. The Morgan fingerprint density at radius 3 is 3.00 bits per heavy atom. The van der Waals surface area contributed by atoms with E-state index in [2.05, 4.69) is 12.2 Å². The van der Waals surface area contributed by atoms with Gasteiger partial charge in [-0.1, -0.05) is 12.2 Å². The maximum atomic E-state index is 5.64. The van der Waals surface area contributed by atoms with E-state index in [1.165, 1.54) is 12.8 Å². The molecule has 1 saturated heterocycles. The van der Waals surface area contributed by atoms with E-state index < -0.39 is 0 Å². The molecule has 0 radical (unpaired) electrons. The Kier molecular flexibility index (Phi) is 0.695. The van der Waals surface area contributed by atoms with Crippen LogP contribution in [0.3, 0.4) is 0 Å². The van der Waals surface area contributed by atoms with Crippen molar-refractivity contribution in [3.63, 3.8) is 0 Å². The van der Waals surface area contributed by atoms with Crippen molar-refractivity contribution in [2.24, 2.45) is 23.7 Å². The summed E-state index contributed by atoms with van der Waals surface area (Å²) in [5.41, 5.74) is 0. The average Bonchev–Trinajstić information content (AvgIpc) is 2.46. The second-order valence-electron chi connectivity index (χ2n) is 4.53. The highest BCUT2D eigenvalue weighted by molar-refractivity contribution is 5.21. The third kappa shape index (κ3) is 0.451. The molecule has 6 atom stereocenters. The van der Waals surface area contributed by atoms with E-state index in [9.17, 15) is 0 Å². The van der Waals surface area contributed by atoms with Crippen molar-refractivity contribution in [2.75, 3.05) is 0 Å². The number of rotatable bonds is 0. The summed E-state index contributed by atoms with van der Waals surface area (Å²) in [5, 5.41) is 0. The van der Waals surface area contributed by atoms with Crippen molar-refractivity contribution in [1.82, 2.24) is 0 Å². The Balaban J connectivity index is 1.82. The van der Waals surface area contributed by atoms with Gasteiger partial charge in [0.15, 0.2) is 0 Å². The van der Waals surface area contributed by atoms with Crippen molar-refractivity contribution in [1.29, 1.82) is 0 Å². The van der Waals surface area contributed by atoms with Gasteiger partial charge < -0.3 is 4.74 Å². The fraction of sp³-hybridized carbons (Fsp3) is 0.800. The van der Waals surface area contributed by atoms with Gasteiger partial charge in [-0.05, 0) is 36.5 Å². The van der Waals surface area contributed by atoms with Gasteiger partial charge in [-0.25, -0.2) is 0 Å². The molecule has 1 nitrogen and oxygen atoms in total. The summed E-state index contributed by atoms with van der Waals surface area (Å²) in [5.74, 6) is 3.78. The summed E-state index contributed by atoms with van der Waals surface area (Å²) >= 11 is 0. The molecule has 0 aromatic carbocycles. The average molecular weight is 148 g/mol. The first-order valence-electron chi connectivity index (χ1n) is 4.77. The highest BCUT2D eigenvalue weighted by atomic mass is 16.6. The summed E-state index contributed by atoms with van der Waals surface area (Å²) in [6.07, 6.45) is 9.07. The maximum absolute atomic E-state index is 5.64. The molecular formula is C10H12O. The van der Waals surface area contributed by atoms with Gasteiger partial charge in [-0.3, -0.25) is 0 Å². The first kappa shape index (κ1) is 5.36. The van der Waals surface area contributed by atoms with E-state index in [0.717, 1.165) is 23.7 Å². The lowest BCUT2D eigenvalue weighted by atomic mass is 9.82. The Morgan fingerprint density at radius 2 is 2.00 bits per heavy atom. The number of hydrogen-bond donors (Lipinski definition) is 0. The van der Waals surface area contributed by atoms with Gasteiger partial charge in [0.05, 0.1) is 12.2 Å². The quantitative estimate of drug-likeness (QED) is 0.375. The van der Waals surface area contributed by atoms with Crippen molar-refractivity contribution in [2.45, 2.75) is 25.0 Å². The Bertz CT molecular complexity index is 245. The number of ether oxygens (including phenoxy) is 1. The third-order valence-electron chi connectivity index (χ3n) is 4.26. The Hall–Kier alpha value is -0.300. The molecule has 3 fully saturated rings. The van der Waals surface area contributed by atoms with Gasteiger partial charge >= 0.3 is 0 Å². The minimum absolute atomic E-state index is 0.698. The summed E-state index contributed by atoms with van der Waals surface area (Å²) < 4.78 is 5.64. The van der Waals surface area contributed by atoms with Crippen molar-refractivity contribution < 1.29 is 4.74 Å². The van der Waals surface area contributed by atoms with Crippen LogP contribution in [0, 0.1) is 23.7 Å². The molecule has 4 rings (SSSR count). The zero-order valence-electron chi connectivity index (χ0n) is 6.44. The van der Waals surface area contributed by atoms with Crippen LogP contribution in [0.1, 0.15) is 12.8 Å². The Morgan fingerprint density at radius 1 is 1.09 bits per heavy atom. The highest BCUT2D eigenvalue weighted by Gasteiger charge is 2.66. The number of hydrogen-bond acceptors (Lipinski definition) is 1. The van der Waals surface area contributed by atoms with E-state index in [-0.39, 0.29) is 0 Å². The first-order chi connectivity index (χ1) is 5.45. The molecule has 0 N–H and O–H groups in total. The molecule has 3 aliphatic carbocycles. The van der Waals surface area contributed by atoms with E-state index in [0.29, 0.717) is 12.2 Å². The highest BCUT2D eigenvalue weighted by Crippen LogP contribution is 2.64. The van der Waals surface area contributed by atoms with Gasteiger partial charge in [-0.15, -0.1) is 0 Å². The lowest BCUT2D eigenvalue weighted by molar-refractivity contribution is 0.250. The largest absolute Gasteiger partial charge is 0.369 e. The van der Waals surface area contributed by atoms with E-state index in [4.69, 9.17) is 4.74 Å². The molecule has 2 saturated carbocycles. The topological polar surface area (TPSA) is 12.5 Å². The predicted octanol–water partition coefficient (Wildman–Crippen LogP) is 1.60. The molecule has 58 valence electrons. The minimum atomic E-state index is 0.698. The molecule has 1 heterocycles. The van der Waals surface area contributed by atoms with Crippen LogP contribution in [-0.2, 0) is 4.74 Å². The summed E-state index contributed by atoms with van der Waals surface area (Å²) in [4.78, 5) is 0. The summed E-state index contributed by atoms with van der Waals surface area (Å²) in [6.45, 7) is 0. The normalized spacial score (nSPS) is 68.4. The van der Waals surface area contributed by atoms with Gasteiger partial charge in [-0.2, -0.15) is 0 Å². The summed E-state index contributed by atoms with van der Waals surface area (Å²) in [6, 6.07) is 0. The van der Waals surface area contributed by atoms with Gasteiger partial charge in [0, 0.05) is 0 Å². The zero-order valence-corrected chi connectivity index (χ0v) is 6.44. The van der Waals surface area contributed by atoms with Crippen LogP contribution in [0.25, 0.3) is 0 Å². The van der Waals surface area contributed by atoms with Crippen LogP contribution in [0.4, 0.5) is 0 Å². The predicted molar refractivity (Wildman–Crippen MR) is 41.0 cm³/mol. The van der Waals surface area contributed by atoms with Crippen LogP contribution < -0.4 is 0 Å². The molecule has 4 aliphatic rings. The second kappa shape index (κ2) is 1.42. The van der Waals surface area contributed by atoms with Crippen LogP contribution in [-0.4, -0.2) is 12.2 Å². The molecule has 1 aliphatic heterocycles. The standard InChI is InChI=1S/C10H12O/c1-2-5-6(3-1)8-4-7(5)9-10(8)11-9/h1-2,5-10H,3-4H2/t5-,6+,7+,8-,9+,10-/m1/s1. The molecule has 2 bridgehead atoms. The number of allylic oxidation sites excluding steroid dienone is 2. The van der Waals surface area contributed by atoms with Gasteiger partial charge in [0.25, 0.3) is 0 Å². The maximum Gasteiger partial charge on any atom is 0.0878 e. The lowest BCUT2D eigenvalue weighted by Crippen LogP contribution is -2.23. The van der Waals surface area contributed by atoms with Gasteiger partial charge in [0.2, 0.25) is 0 Å². The van der Waals surface area contributed by atoms with Crippen LogP contribution >= 0.6 is 0 Å². The fourth-order valence-corrected chi connectivity index (χ4v) is 3.82. The van der Waals surface area contributed by atoms with Crippen molar-refractivity contribution in [3.8, 4) is 0 Å². The SMILES string of the molecule is C1=C[C@@H]2[C@H](C1)[C@H]1C[C@@H]2[C@@H]2O[C@H]12. The van der Waals surface area contributed by atoms with Crippen molar-refractivity contribution >= 4 is 0 Å². The fourth-order valence-electron chi connectivity index (χ4n) is 3.82. The molecule has 1 heteroatoms. The molecule has 11 heavy (non-hydrogen) atoms. The zero-order chi connectivity index (χ0) is 7.00. The monoisotopic (exact) mass is 148 g/mol. The van der Waals surface area contributed by atoms with Crippen LogP contribution in [0.5, 0.6) is 0 Å². The van der Waals surface area contributed by atoms with E-state index in [1.54, 1.807) is 0 Å². The van der Waals surface area contributed by atoms with E-state index >= 15 is 0 Å².